The van der Waals surface area contributed by atoms with Crippen molar-refractivity contribution in [2.45, 2.75) is 39.3 Å². The minimum atomic E-state index is 0.413. The van der Waals surface area contributed by atoms with Gasteiger partial charge in [-0.25, -0.2) is 4.98 Å². The smallest absolute Gasteiger partial charge is 0.123 e. The number of likely N-dealkylation sites (tertiary alicyclic amines) is 1. The molecule has 2 aromatic rings. The van der Waals surface area contributed by atoms with Crippen molar-refractivity contribution in [1.82, 2.24) is 19.9 Å². The van der Waals surface area contributed by atoms with E-state index >= 15 is 0 Å². The summed E-state index contributed by atoms with van der Waals surface area (Å²) in [6.07, 6.45) is 4.33. The highest BCUT2D eigenvalue weighted by atomic mass is 15.2. The molecule has 3 heterocycles. The fourth-order valence-electron chi connectivity index (χ4n) is 2.82. The van der Waals surface area contributed by atoms with Crippen LogP contribution in [0.25, 0.3) is 0 Å². The fraction of sp³-hybridized carbons (Fsp3) is 0.467. The van der Waals surface area contributed by atoms with Crippen molar-refractivity contribution in [3.05, 3.63) is 47.3 Å². The number of aryl methyl sites for hydroxylation is 2. The monoisotopic (exact) mass is 256 g/mol. The lowest BCUT2D eigenvalue weighted by molar-refractivity contribution is 0.238. The summed E-state index contributed by atoms with van der Waals surface area (Å²) in [5.74, 6) is 1.10. The fourth-order valence-corrected chi connectivity index (χ4v) is 2.82. The average Bonchev–Trinajstić information content (AvgIpc) is 2.98. The largest absolute Gasteiger partial charge is 0.345 e. The van der Waals surface area contributed by atoms with Crippen LogP contribution < -0.4 is 0 Å². The number of hydrogen-bond donors (Lipinski definition) is 1. The number of aromatic amines is 1. The van der Waals surface area contributed by atoms with Crippen LogP contribution in [0, 0.1) is 13.8 Å². The van der Waals surface area contributed by atoms with Crippen molar-refractivity contribution < 1.29 is 0 Å². The van der Waals surface area contributed by atoms with Gasteiger partial charge >= 0.3 is 0 Å². The van der Waals surface area contributed by atoms with E-state index in [1.54, 1.807) is 0 Å². The molecule has 0 bridgehead atoms. The predicted octanol–water partition coefficient (Wildman–Crippen LogP) is 2.76. The second kappa shape index (κ2) is 5.13. The van der Waals surface area contributed by atoms with E-state index in [2.05, 4.69) is 38.9 Å². The van der Waals surface area contributed by atoms with E-state index in [1.165, 1.54) is 12.8 Å². The molecule has 0 aromatic carbocycles. The Hall–Kier alpha value is -1.68. The Morgan fingerprint density at radius 2 is 2.26 bits per heavy atom. The lowest BCUT2D eigenvalue weighted by Gasteiger charge is -2.22. The highest BCUT2D eigenvalue weighted by Crippen LogP contribution is 2.31. The summed E-state index contributed by atoms with van der Waals surface area (Å²) >= 11 is 0. The van der Waals surface area contributed by atoms with Gasteiger partial charge in [-0.15, -0.1) is 0 Å². The summed E-state index contributed by atoms with van der Waals surface area (Å²) < 4.78 is 0. The van der Waals surface area contributed by atoms with Crippen LogP contribution in [-0.2, 0) is 6.54 Å². The number of rotatable bonds is 3. The zero-order valence-corrected chi connectivity index (χ0v) is 11.6. The molecule has 1 aliphatic heterocycles. The summed E-state index contributed by atoms with van der Waals surface area (Å²) in [4.78, 5) is 14.9. The van der Waals surface area contributed by atoms with Crippen molar-refractivity contribution in [3.8, 4) is 0 Å². The summed E-state index contributed by atoms with van der Waals surface area (Å²) in [7, 11) is 0. The lowest BCUT2D eigenvalue weighted by atomic mass is 10.2. The van der Waals surface area contributed by atoms with Crippen molar-refractivity contribution in [2.24, 2.45) is 0 Å². The van der Waals surface area contributed by atoms with E-state index in [9.17, 15) is 0 Å². The molecule has 1 fully saturated rings. The van der Waals surface area contributed by atoms with E-state index in [1.807, 2.05) is 19.2 Å². The van der Waals surface area contributed by atoms with Crippen LogP contribution >= 0.6 is 0 Å². The third-order valence-corrected chi connectivity index (χ3v) is 3.71. The molecule has 100 valence electrons. The van der Waals surface area contributed by atoms with Gasteiger partial charge in [0.05, 0.1) is 11.7 Å². The van der Waals surface area contributed by atoms with Crippen LogP contribution in [-0.4, -0.2) is 26.4 Å². The highest BCUT2D eigenvalue weighted by molar-refractivity contribution is 5.11. The molecule has 19 heavy (non-hydrogen) atoms. The SMILES string of the molecule is Cc1cccc(CN2CCCC2c2ncc(C)[nH]2)n1. The molecule has 2 aromatic heterocycles. The predicted molar refractivity (Wildman–Crippen MR) is 74.7 cm³/mol. The number of aromatic nitrogens is 3. The summed E-state index contributed by atoms with van der Waals surface area (Å²) in [6, 6.07) is 6.65. The molecule has 1 unspecified atom stereocenters. The Morgan fingerprint density at radius 1 is 1.37 bits per heavy atom. The first-order valence-electron chi connectivity index (χ1n) is 6.90. The van der Waals surface area contributed by atoms with E-state index in [0.717, 1.165) is 36.0 Å². The molecule has 0 amide bonds. The molecular weight excluding hydrogens is 236 g/mol. The normalized spacial score (nSPS) is 20.0. The number of H-pyrrole nitrogens is 1. The molecule has 1 atom stereocenters. The molecule has 1 saturated heterocycles. The van der Waals surface area contributed by atoms with Crippen LogP contribution in [0.2, 0.25) is 0 Å². The van der Waals surface area contributed by atoms with Gasteiger partial charge in [0.15, 0.2) is 0 Å². The van der Waals surface area contributed by atoms with E-state index in [0.29, 0.717) is 6.04 Å². The summed E-state index contributed by atoms with van der Waals surface area (Å²) in [5.41, 5.74) is 3.37. The zero-order chi connectivity index (χ0) is 13.2. The lowest BCUT2D eigenvalue weighted by Crippen LogP contribution is -2.24. The molecule has 1 N–H and O–H groups in total. The maximum absolute atomic E-state index is 4.60. The van der Waals surface area contributed by atoms with Gasteiger partial charge in [0.2, 0.25) is 0 Å². The topological polar surface area (TPSA) is 44.8 Å². The molecule has 3 rings (SSSR count). The van der Waals surface area contributed by atoms with E-state index < -0.39 is 0 Å². The third-order valence-electron chi connectivity index (χ3n) is 3.71. The average molecular weight is 256 g/mol. The number of pyridine rings is 1. The van der Waals surface area contributed by atoms with Crippen molar-refractivity contribution >= 4 is 0 Å². The molecular formula is C15H20N4. The van der Waals surface area contributed by atoms with Crippen LogP contribution in [0.5, 0.6) is 0 Å². The second-order valence-corrected chi connectivity index (χ2v) is 5.35. The summed E-state index contributed by atoms with van der Waals surface area (Å²) in [6.45, 7) is 6.13. The first-order valence-corrected chi connectivity index (χ1v) is 6.90. The van der Waals surface area contributed by atoms with Crippen molar-refractivity contribution in [2.75, 3.05) is 6.54 Å². The standard InChI is InChI=1S/C15H20N4/c1-11-5-3-6-13(17-11)10-19-8-4-7-14(19)15-16-9-12(2)18-15/h3,5-6,9,14H,4,7-8,10H2,1-2H3,(H,16,18). The number of nitrogens with one attached hydrogen (secondary N) is 1. The maximum atomic E-state index is 4.60. The molecule has 0 aliphatic carbocycles. The number of hydrogen-bond acceptors (Lipinski definition) is 3. The Balaban J connectivity index is 1.76. The Kier molecular flexibility index (Phi) is 3.34. The highest BCUT2D eigenvalue weighted by Gasteiger charge is 2.28. The van der Waals surface area contributed by atoms with Crippen LogP contribution in [0.4, 0.5) is 0 Å². The van der Waals surface area contributed by atoms with Gasteiger partial charge in [-0.1, -0.05) is 6.07 Å². The van der Waals surface area contributed by atoms with Gasteiger partial charge in [0.1, 0.15) is 5.82 Å². The number of nitrogens with zero attached hydrogens (tertiary/aromatic N) is 3. The van der Waals surface area contributed by atoms with Gasteiger partial charge in [-0.05, 0) is 45.4 Å². The minimum Gasteiger partial charge on any atom is -0.345 e. The van der Waals surface area contributed by atoms with Gasteiger partial charge in [-0.2, -0.15) is 0 Å². The van der Waals surface area contributed by atoms with Crippen molar-refractivity contribution in [3.63, 3.8) is 0 Å². The third kappa shape index (κ3) is 2.68. The van der Waals surface area contributed by atoms with Gasteiger partial charge in [0.25, 0.3) is 0 Å². The molecule has 1 aliphatic rings. The zero-order valence-electron chi connectivity index (χ0n) is 11.6. The van der Waals surface area contributed by atoms with Crippen LogP contribution in [0.3, 0.4) is 0 Å². The van der Waals surface area contributed by atoms with Crippen LogP contribution in [0.1, 0.15) is 41.8 Å². The minimum absolute atomic E-state index is 0.413. The Bertz CT molecular complexity index is 561. The van der Waals surface area contributed by atoms with Crippen molar-refractivity contribution in [1.29, 1.82) is 0 Å². The number of imidazole rings is 1. The molecule has 0 radical (unpaired) electrons. The molecule has 4 nitrogen and oxygen atoms in total. The maximum Gasteiger partial charge on any atom is 0.123 e. The van der Waals surface area contributed by atoms with E-state index in [4.69, 9.17) is 0 Å². The van der Waals surface area contributed by atoms with Crippen LogP contribution in [0.15, 0.2) is 24.4 Å². The Labute approximate surface area is 113 Å². The Morgan fingerprint density at radius 3 is 3.00 bits per heavy atom. The second-order valence-electron chi connectivity index (χ2n) is 5.35. The molecule has 0 saturated carbocycles. The molecule has 0 spiro atoms. The van der Waals surface area contributed by atoms with Gasteiger partial charge in [-0.3, -0.25) is 9.88 Å². The molecule has 4 heteroatoms. The van der Waals surface area contributed by atoms with Gasteiger partial charge < -0.3 is 4.98 Å². The van der Waals surface area contributed by atoms with E-state index in [-0.39, 0.29) is 0 Å². The first kappa shape index (κ1) is 12.4. The first-order chi connectivity index (χ1) is 9.22. The quantitative estimate of drug-likeness (QED) is 0.918. The summed E-state index contributed by atoms with van der Waals surface area (Å²) in [5, 5.41) is 0. The van der Waals surface area contributed by atoms with Gasteiger partial charge in [0, 0.05) is 24.1 Å².